The Bertz CT molecular complexity index is 605. The first-order valence-corrected chi connectivity index (χ1v) is 5.74. The molecule has 90 valence electrons. The Morgan fingerprint density at radius 3 is 2.39 bits per heavy atom. The van der Waals surface area contributed by atoms with Gasteiger partial charge in [-0.3, -0.25) is 4.79 Å². The molecule has 0 aliphatic heterocycles. The highest BCUT2D eigenvalue weighted by atomic mass is 35.5. The first-order chi connectivity index (χ1) is 8.67. The molecule has 1 nitrogen and oxygen atoms in total. The van der Waals surface area contributed by atoms with Crippen LogP contribution in [0.4, 0.5) is 4.39 Å². The summed E-state index contributed by atoms with van der Waals surface area (Å²) in [6.45, 7) is 0. The molecule has 2 aromatic carbocycles. The lowest BCUT2D eigenvalue weighted by atomic mass is 10.1. The number of halogens is 2. The average Bonchev–Trinajstić information content (AvgIpc) is 2.36. The molecule has 0 aliphatic rings. The van der Waals surface area contributed by atoms with Gasteiger partial charge in [-0.2, -0.15) is 0 Å². The van der Waals surface area contributed by atoms with Crippen LogP contribution in [-0.4, -0.2) is 6.29 Å². The molecule has 0 fully saturated rings. The molecule has 0 aliphatic carbocycles. The van der Waals surface area contributed by atoms with Crippen LogP contribution in [0.15, 0.2) is 42.5 Å². The minimum atomic E-state index is -0.281. The molecular weight excluding hydrogens is 251 g/mol. The lowest BCUT2D eigenvalue weighted by Gasteiger charge is -1.98. The Balaban J connectivity index is 2.28. The number of aldehydes is 1. The van der Waals surface area contributed by atoms with Crippen LogP contribution < -0.4 is 0 Å². The second-order valence-electron chi connectivity index (χ2n) is 3.82. The maximum Gasteiger partial charge on any atom is 0.150 e. The predicted molar refractivity (Wildman–Crippen MR) is 72.2 cm³/mol. The van der Waals surface area contributed by atoms with Crippen LogP contribution >= 0.6 is 11.6 Å². The van der Waals surface area contributed by atoms with E-state index in [0.717, 1.165) is 17.4 Å². The summed E-state index contributed by atoms with van der Waals surface area (Å²) in [5.74, 6) is -0.281. The van der Waals surface area contributed by atoms with E-state index in [0.29, 0.717) is 10.6 Å². The molecule has 0 saturated heterocycles. The van der Waals surface area contributed by atoms with Gasteiger partial charge >= 0.3 is 0 Å². The summed E-state index contributed by atoms with van der Waals surface area (Å²) in [5, 5.41) is 0.499. The second kappa shape index (κ2) is 5.61. The summed E-state index contributed by atoms with van der Waals surface area (Å²) in [5.41, 5.74) is 2.07. The van der Waals surface area contributed by atoms with Crippen molar-refractivity contribution >= 4 is 30.0 Å². The molecule has 18 heavy (non-hydrogen) atoms. The van der Waals surface area contributed by atoms with Crippen LogP contribution in [0.25, 0.3) is 12.2 Å². The van der Waals surface area contributed by atoms with E-state index in [2.05, 4.69) is 0 Å². The number of hydrogen-bond donors (Lipinski definition) is 0. The van der Waals surface area contributed by atoms with Crippen molar-refractivity contribution in [1.29, 1.82) is 0 Å². The Kier molecular flexibility index (Phi) is 3.90. The zero-order chi connectivity index (χ0) is 13.0. The Labute approximate surface area is 110 Å². The van der Waals surface area contributed by atoms with Gasteiger partial charge in [0.1, 0.15) is 12.1 Å². The average molecular weight is 261 g/mol. The molecular formula is C15H10ClFO. The van der Waals surface area contributed by atoms with E-state index >= 15 is 0 Å². The van der Waals surface area contributed by atoms with Crippen molar-refractivity contribution < 1.29 is 9.18 Å². The fourth-order valence-electron chi connectivity index (χ4n) is 1.60. The molecule has 0 N–H and O–H groups in total. The van der Waals surface area contributed by atoms with E-state index < -0.39 is 0 Å². The lowest BCUT2D eigenvalue weighted by molar-refractivity contribution is 0.112. The first-order valence-electron chi connectivity index (χ1n) is 5.37. The standard InChI is InChI=1S/C15H10ClFO/c16-14-7-12(6-13(8-14)10-18)5-4-11-2-1-3-15(17)9-11/h1-10H/b5-4+. The Hall–Kier alpha value is -1.93. The highest BCUT2D eigenvalue weighted by Crippen LogP contribution is 2.16. The number of rotatable bonds is 3. The van der Waals surface area contributed by atoms with Crippen molar-refractivity contribution in [3.05, 3.63) is 70.0 Å². The molecule has 2 rings (SSSR count). The van der Waals surface area contributed by atoms with Crippen molar-refractivity contribution in [2.24, 2.45) is 0 Å². The summed E-state index contributed by atoms with van der Waals surface area (Å²) in [6, 6.07) is 11.3. The Morgan fingerprint density at radius 1 is 0.944 bits per heavy atom. The van der Waals surface area contributed by atoms with E-state index in [4.69, 9.17) is 11.6 Å². The van der Waals surface area contributed by atoms with Crippen LogP contribution in [0.3, 0.4) is 0 Å². The minimum Gasteiger partial charge on any atom is -0.298 e. The van der Waals surface area contributed by atoms with Crippen LogP contribution in [-0.2, 0) is 0 Å². The van der Waals surface area contributed by atoms with Crippen molar-refractivity contribution in [3.63, 3.8) is 0 Å². The molecule has 0 heterocycles. The molecule has 0 unspecified atom stereocenters. The van der Waals surface area contributed by atoms with Crippen molar-refractivity contribution in [2.75, 3.05) is 0 Å². The van der Waals surface area contributed by atoms with Gasteiger partial charge in [-0.1, -0.05) is 35.9 Å². The third-order valence-electron chi connectivity index (χ3n) is 2.40. The van der Waals surface area contributed by atoms with E-state index in [9.17, 15) is 9.18 Å². The molecule has 3 heteroatoms. The van der Waals surface area contributed by atoms with Crippen LogP contribution in [0.1, 0.15) is 21.5 Å². The lowest BCUT2D eigenvalue weighted by Crippen LogP contribution is -1.82. The van der Waals surface area contributed by atoms with Gasteiger partial charge in [0.05, 0.1) is 0 Å². The molecule has 0 radical (unpaired) electrons. The highest BCUT2D eigenvalue weighted by molar-refractivity contribution is 6.31. The molecule has 0 aromatic heterocycles. The third kappa shape index (κ3) is 3.28. The van der Waals surface area contributed by atoms with E-state index in [1.165, 1.54) is 12.1 Å². The van der Waals surface area contributed by atoms with E-state index in [-0.39, 0.29) is 5.82 Å². The molecule has 0 amide bonds. The number of carbonyl (C=O) groups is 1. The predicted octanol–water partition coefficient (Wildman–Crippen LogP) is 4.46. The highest BCUT2D eigenvalue weighted by Gasteiger charge is 1.97. The SMILES string of the molecule is O=Cc1cc(Cl)cc(/C=C/c2cccc(F)c2)c1. The van der Waals surface area contributed by atoms with Gasteiger partial charge in [0, 0.05) is 10.6 Å². The van der Waals surface area contributed by atoms with Crippen molar-refractivity contribution in [1.82, 2.24) is 0 Å². The topological polar surface area (TPSA) is 17.1 Å². The summed E-state index contributed by atoms with van der Waals surface area (Å²) in [6.07, 6.45) is 4.29. The van der Waals surface area contributed by atoms with Gasteiger partial charge in [-0.25, -0.2) is 4.39 Å². The molecule has 0 atom stereocenters. The minimum absolute atomic E-state index is 0.281. The molecule has 0 spiro atoms. The van der Waals surface area contributed by atoms with Gasteiger partial charge in [-0.15, -0.1) is 0 Å². The monoisotopic (exact) mass is 260 g/mol. The normalized spacial score (nSPS) is 10.8. The van der Waals surface area contributed by atoms with Crippen LogP contribution in [0.5, 0.6) is 0 Å². The largest absolute Gasteiger partial charge is 0.298 e. The zero-order valence-corrected chi connectivity index (χ0v) is 10.2. The first kappa shape index (κ1) is 12.5. The van der Waals surface area contributed by atoms with Crippen molar-refractivity contribution in [3.8, 4) is 0 Å². The fourth-order valence-corrected chi connectivity index (χ4v) is 1.85. The van der Waals surface area contributed by atoms with Gasteiger partial charge in [-0.05, 0) is 41.5 Å². The van der Waals surface area contributed by atoms with E-state index in [1.54, 1.807) is 42.5 Å². The summed E-state index contributed by atoms with van der Waals surface area (Å²) >= 11 is 5.88. The van der Waals surface area contributed by atoms with E-state index in [1.807, 2.05) is 0 Å². The third-order valence-corrected chi connectivity index (χ3v) is 2.61. The quantitative estimate of drug-likeness (QED) is 0.588. The molecule has 0 saturated carbocycles. The van der Waals surface area contributed by atoms with Gasteiger partial charge in [0.25, 0.3) is 0 Å². The maximum atomic E-state index is 13.0. The van der Waals surface area contributed by atoms with Crippen LogP contribution in [0.2, 0.25) is 5.02 Å². The number of carbonyl (C=O) groups excluding carboxylic acids is 1. The van der Waals surface area contributed by atoms with Gasteiger partial charge < -0.3 is 0 Å². The fraction of sp³-hybridized carbons (Fsp3) is 0. The smallest absolute Gasteiger partial charge is 0.150 e. The number of hydrogen-bond acceptors (Lipinski definition) is 1. The summed E-state index contributed by atoms with van der Waals surface area (Å²) in [7, 11) is 0. The zero-order valence-electron chi connectivity index (χ0n) is 9.44. The molecule has 0 bridgehead atoms. The second-order valence-corrected chi connectivity index (χ2v) is 4.26. The Morgan fingerprint density at radius 2 is 1.67 bits per heavy atom. The summed E-state index contributed by atoms with van der Waals surface area (Å²) < 4.78 is 13.0. The van der Waals surface area contributed by atoms with Crippen LogP contribution in [0, 0.1) is 5.82 Å². The molecule has 2 aromatic rings. The number of benzene rings is 2. The summed E-state index contributed by atoms with van der Waals surface area (Å²) in [4.78, 5) is 10.7. The maximum absolute atomic E-state index is 13.0. The van der Waals surface area contributed by atoms with Crippen molar-refractivity contribution in [2.45, 2.75) is 0 Å². The van der Waals surface area contributed by atoms with Gasteiger partial charge in [0.15, 0.2) is 0 Å². The van der Waals surface area contributed by atoms with Gasteiger partial charge in [0.2, 0.25) is 0 Å².